The quantitative estimate of drug-likeness (QED) is 0.687. The van der Waals surface area contributed by atoms with Crippen LogP contribution in [-0.4, -0.2) is 5.78 Å². The number of hydrogen-bond acceptors (Lipinski definition) is 1. The summed E-state index contributed by atoms with van der Waals surface area (Å²) >= 11 is 10.8. The third kappa shape index (κ3) is 2.84. The molecule has 0 aliphatic carbocycles. The van der Waals surface area contributed by atoms with E-state index in [2.05, 4.69) is 0 Å². The van der Waals surface area contributed by atoms with E-state index in [0.29, 0.717) is 5.56 Å². The van der Waals surface area contributed by atoms with Gasteiger partial charge in [-0.3, -0.25) is 4.79 Å². The summed E-state index contributed by atoms with van der Waals surface area (Å²) in [7, 11) is 0. The lowest BCUT2D eigenvalue weighted by Gasteiger charge is -1.98. The molecule has 0 heterocycles. The minimum atomic E-state index is -0.0596. The normalized spacial score (nSPS) is 10.2. The molecule has 1 aromatic carbocycles. The Balaban J connectivity index is 2.66. The van der Waals surface area contributed by atoms with Gasteiger partial charge in [0.25, 0.3) is 0 Å². The van der Waals surface area contributed by atoms with E-state index in [4.69, 9.17) is 23.2 Å². The van der Waals surface area contributed by atoms with Crippen LogP contribution in [0.25, 0.3) is 0 Å². The van der Waals surface area contributed by atoms with E-state index in [-0.39, 0.29) is 17.0 Å². The Labute approximate surface area is 81.3 Å². The molecule has 1 rings (SSSR count). The summed E-state index contributed by atoms with van der Waals surface area (Å²) in [5, 5.41) is 0. The van der Waals surface area contributed by atoms with Crippen LogP contribution in [0.15, 0.2) is 30.3 Å². The smallest absolute Gasteiger partial charge is 0.165 e. The molecule has 0 bridgehead atoms. The lowest BCUT2D eigenvalue weighted by molar-refractivity contribution is 0.0992. The summed E-state index contributed by atoms with van der Waals surface area (Å²) in [5.41, 5.74) is 0.635. The molecule has 12 heavy (non-hydrogen) atoms. The molecule has 0 fully saturated rings. The minimum Gasteiger partial charge on any atom is -0.294 e. The highest BCUT2D eigenvalue weighted by Crippen LogP contribution is 2.19. The Hall–Kier alpha value is -0.530. The summed E-state index contributed by atoms with van der Waals surface area (Å²) < 4.78 is 0. The fourth-order valence-electron chi connectivity index (χ4n) is 0.847. The monoisotopic (exact) mass is 201 g/mol. The second-order valence-corrected chi connectivity index (χ2v) is 3.41. The molecule has 0 saturated heterocycles. The molecule has 0 spiro atoms. The van der Waals surface area contributed by atoms with Gasteiger partial charge < -0.3 is 0 Å². The summed E-state index contributed by atoms with van der Waals surface area (Å²) in [6.45, 7) is 0. The zero-order valence-corrected chi connectivity index (χ0v) is 7.77. The fraction of sp³-hybridized carbons (Fsp3) is 0.111. The number of benzene rings is 1. The first kappa shape index (κ1) is 9.56. The molecule has 63 valence electrons. The van der Waals surface area contributed by atoms with Gasteiger partial charge in [0.05, 0.1) is 0 Å². The maximum absolute atomic E-state index is 11.3. The Morgan fingerprint density at radius 3 is 2.25 bits per heavy atom. The molecular formula is C9H7Cl2O. The van der Waals surface area contributed by atoms with E-state index >= 15 is 0 Å². The van der Waals surface area contributed by atoms with Crippen molar-refractivity contribution >= 4 is 29.0 Å². The molecule has 1 aromatic rings. The predicted octanol–water partition coefficient (Wildman–Crippen LogP) is 3.23. The topological polar surface area (TPSA) is 17.1 Å². The third-order valence-corrected chi connectivity index (χ3v) is 1.66. The van der Waals surface area contributed by atoms with Crippen molar-refractivity contribution in [1.29, 1.82) is 0 Å². The molecule has 0 aromatic heterocycles. The van der Waals surface area contributed by atoms with Gasteiger partial charge in [0.15, 0.2) is 10.6 Å². The van der Waals surface area contributed by atoms with Crippen molar-refractivity contribution in [2.24, 2.45) is 0 Å². The molecular weight excluding hydrogens is 195 g/mol. The Kier molecular flexibility index (Phi) is 3.57. The van der Waals surface area contributed by atoms with Gasteiger partial charge in [-0.1, -0.05) is 53.5 Å². The van der Waals surface area contributed by atoms with Crippen molar-refractivity contribution in [2.75, 3.05) is 0 Å². The summed E-state index contributed by atoms with van der Waals surface area (Å²) in [6, 6.07) is 8.92. The van der Waals surface area contributed by atoms with E-state index in [1.165, 1.54) is 0 Å². The molecule has 1 nitrogen and oxygen atoms in total. The Bertz CT molecular complexity index is 256. The van der Waals surface area contributed by atoms with E-state index in [1.54, 1.807) is 24.3 Å². The van der Waals surface area contributed by atoms with Crippen molar-refractivity contribution in [3.8, 4) is 0 Å². The SMILES string of the molecule is O=C(C[C](Cl)Cl)c1ccccc1. The average Bonchev–Trinajstić information content (AvgIpc) is 2.05. The van der Waals surface area contributed by atoms with Crippen LogP contribution >= 0.6 is 23.2 Å². The molecule has 0 N–H and O–H groups in total. The second-order valence-electron chi connectivity index (χ2n) is 2.30. The molecule has 0 atom stereocenters. The van der Waals surface area contributed by atoms with Crippen LogP contribution in [0.4, 0.5) is 0 Å². The van der Waals surface area contributed by atoms with Crippen molar-refractivity contribution in [3.05, 3.63) is 40.7 Å². The van der Waals surface area contributed by atoms with Crippen LogP contribution in [0.5, 0.6) is 0 Å². The van der Waals surface area contributed by atoms with Crippen LogP contribution < -0.4 is 0 Å². The van der Waals surface area contributed by atoms with Crippen LogP contribution in [0.3, 0.4) is 0 Å². The highest BCUT2D eigenvalue weighted by molar-refractivity contribution is 6.53. The number of Topliss-reactive ketones (excluding diaryl/α,β-unsaturated/α-hetero) is 1. The fourth-order valence-corrected chi connectivity index (χ4v) is 1.09. The molecule has 0 amide bonds. The van der Waals surface area contributed by atoms with Gasteiger partial charge in [-0.25, -0.2) is 0 Å². The zero-order valence-electron chi connectivity index (χ0n) is 6.26. The third-order valence-electron chi connectivity index (χ3n) is 1.39. The molecule has 0 aliphatic rings. The second kappa shape index (κ2) is 4.48. The summed E-state index contributed by atoms with van der Waals surface area (Å²) in [4.78, 5) is 11.4. The van der Waals surface area contributed by atoms with Crippen molar-refractivity contribution in [2.45, 2.75) is 6.42 Å². The first-order chi connectivity index (χ1) is 5.70. The van der Waals surface area contributed by atoms with Gasteiger partial charge in [-0.2, -0.15) is 0 Å². The molecule has 3 heteroatoms. The highest BCUT2D eigenvalue weighted by Gasteiger charge is 2.10. The molecule has 0 aliphatic heterocycles. The number of carbonyl (C=O) groups is 1. The number of carbonyl (C=O) groups excluding carboxylic acids is 1. The van der Waals surface area contributed by atoms with E-state index in [1.807, 2.05) is 6.07 Å². The van der Waals surface area contributed by atoms with Gasteiger partial charge in [-0.15, -0.1) is 0 Å². The Morgan fingerprint density at radius 2 is 1.75 bits per heavy atom. The molecule has 0 unspecified atom stereocenters. The first-order valence-electron chi connectivity index (χ1n) is 3.45. The van der Waals surface area contributed by atoms with E-state index < -0.39 is 0 Å². The van der Waals surface area contributed by atoms with Gasteiger partial charge >= 0.3 is 0 Å². The standard InChI is InChI=1S/C9H7Cl2O/c10-9(11)6-8(12)7-4-2-1-3-5-7/h1-5H,6H2. The number of ketones is 1. The number of hydrogen-bond donors (Lipinski definition) is 0. The highest BCUT2D eigenvalue weighted by atomic mass is 35.5. The average molecular weight is 202 g/mol. The van der Waals surface area contributed by atoms with Crippen molar-refractivity contribution < 1.29 is 4.79 Å². The number of rotatable bonds is 3. The van der Waals surface area contributed by atoms with Crippen LogP contribution in [0.2, 0.25) is 0 Å². The van der Waals surface area contributed by atoms with Gasteiger partial charge in [-0.05, 0) is 0 Å². The summed E-state index contributed by atoms with van der Waals surface area (Å²) in [5.74, 6) is -0.0596. The van der Waals surface area contributed by atoms with Gasteiger partial charge in [0.1, 0.15) is 0 Å². The van der Waals surface area contributed by atoms with Crippen LogP contribution in [0.1, 0.15) is 16.8 Å². The maximum atomic E-state index is 11.3. The van der Waals surface area contributed by atoms with Crippen molar-refractivity contribution in [3.63, 3.8) is 0 Å². The van der Waals surface area contributed by atoms with E-state index in [0.717, 1.165) is 0 Å². The minimum absolute atomic E-state index is 0.0596. The van der Waals surface area contributed by atoms with E-state index in [9.17, 15) is 4.79 Å². The first-order valence-corrected chi connectivity index (χ1v) is 4.21. The van der Waals surface area contributed by atoms with Crippen molar-refractivity contribution in [1.82, 2.24) is 0 Å². The maximum Gasteiger partial charge on any atom is 0.165 e. The number of halogens is 2. The lowest BCUT2D eigenvalue weighted by atomic mass is 10.1. The van der Waals surface area contributed by atoms with Gasteiger partial charge in [0, 0.05) is 12.0 Å². The predicted molar refractivity (Wildman–Crippen MR) is 50.3 cm³/mol. The summed E-state index contributed by atoms with van der Waals surface area (Å²) in [6.07, 6.45) is 0.0904. The van der Waals surface area contributed by atoms with Crippen LogP contribution in [0, 0.1) is 4.84 Å². The van der Waals surface area contributed by atoms with Crippen LogP contribution in [-0.2, 0) is 0 Å². The molecule has 0 saturated carbocycles. The Morgan fingerprint density at radius 1 is 1.17 bits per heavy atom. The lowest BCUT2D eigenvalue weighted by Crippen LogP contribution is -1.99. The molecule has 1 radical (unpaired) electrons. The zero-order chi connectivity index (χ0) is 8.97. The largest absolute Gasteiger partial charge is 0.294 e. The van der Waals surface area contributed by atoms with Gasteiger partial charge in [0.2, 0.25) is 0 Å².